The molecule has 148 valence electrons. The molecule has 6 heteroatoms. The van der Waals surface area contributed by atoms with Gasteiger partial charge in [-0.05, 0) is 26.7 Å². The number of nitrogens with zero attached hydrogens (tertiary/aromatic N) is 2. The largest absolute Gasteiger partial charge is 0.275 e. The van der Waals surface area contributed by atoms with Gasteiger partial charge >= 0.3 is 0 Å². The zero-order valence-electron chi connectivity index (χ0n) is 16.5. The summed E-state index contributed by atoms with van der Waals surface area (Å²) in [4.78, 5) is 49.4. The van der Waals surface area contributed by atoms with E-state index in [2.05, 4.69) is 0 Å². The molecule has 0 aliphatic carbocycles. The van der Waals surface area contributed by atoms with Gasteiger partial charge in [0.15, 0.2) is 0 Å². The lowest BCUT2D eigenvalue weighted by Gasteiger charge is -2.14. The highest BCUT2D eigenvalue weighted by molar-refractivity contribution is 6.16. The van der Waals surface area contributed by atoms with Gasteiger partial charge in [-0.1, -0.05) is 44.9 Å². The molecule has 6 nitrogen and oxygen atoms in total. The monoisotopic (exact) mass is 374 g/mol. The van der Waals surface area contributed by atoms with Crippen molar-refractivity contribution in [2.45, 2.75) is 71.6 Å². The highest BCUT2D eigenvalue weighted by Gasteiger charge is 2.28. The van der Waals surface area contributed by atoms with Crippen LogP contribution in [0.3, 0.4) is 0 Å². The number of carbonyl (C=O) groups is 4. The van der Waals surface area contributed by atoms with Crippen LogP contribution in [0, 0.1) is 0 Å². The molecular weight excluding hydrogens is 344 g/mol. The van der Waals surface area contributed by atoms with E-state index >= 15 is 0 Å². The smallest absolute Gasteiger partial charge is 0.256 e. The van der Waals surface area contributed by atoms with E-state index in [0.29, 0.717) is 24.2 Å². The fourth-order valence-electron chi connectivity index (χ4n) is 3.48. The molecule has 0 spiro atoms. The minimum atomic E-state index is -0.180. The quantitative estimate of drug-likeness (QED) is 0.388. The van der Waals surface area contributed by atoms with Gasteiger partial charge in [0.2, 0.25) is 0 Å². The van der Waals surface area contributed by atoms with Gasteiger partial charge in [-0.15, -0.1) is 0 Å². The summed E-state index contributed by atoms with van der Waals surface area (Å²) in [5, 5.41) is 0. The van der Waals surface area contributed by atoms with E-state index in [-0.39, 0.29) is 23.6 Å². The Kier molecular flexibility index (Phi) is 7.95. The minimum Gasteiger partial charge on any atom is -0.275 e. The van der Waals surface area contributed by atoms with Gasteiger partial charge in [0.1, 0.15) is 0 Å². The molecule has 0 saturated carbocycles. The minimum absolute atomic E-state index is 0.150. The van der Waals surface area contributed by atoms with Crippen LogP contribution in [-0.2, 0) is 19.2 Å². The first kappa shape index (κ1) is 21.1. The third kappa shape index (κ3) is 5.88. The molecule has 4 amide bonds. The Bertz CT molecular complexity index is 607. The average molecular weight is 374 g/mol. The molecule has 0 unspecified atom stereocenters. The zero-order chi connectivity index (χ0) is 19.8. The van der Waals surface area contributed by atoms with Crippen LogP contribution in [0.25, 0.3) is 0 Å². The van der Waals surface area contributed by atoms with E-state index in [1.54, 1.807) is 13.8 Å². The SMILES string of the molecule is CC1=CC(=O)N(CCCCCCCCCCCN2C(=O)C=C(C)C2=O)C1=O. The fourth-order valence-corrected chi connectivity index (χ4v) is 3.48. The van der Waals surface area contributed by atoms with Crippen molar-refractivity contribution >= 4 is 23.6 Å². The Labute approximate surface area is 161 Å². The predicted octanol–water partition coefficient (Wildman–Crippen LogP) is 3.13. The highest BCUT2D eigenvalue weighted by Crippen LogP contribution is 2.16. The van der Waals surface area contributed by atoms with Crippen LogP contribution in [0.1, 0.15) is 71.6 Å². The predicted molar refractivity (Wildman–Crippen MR) is 103 cm³/mol. The molecule has 0 atom stereocenters. The second-order valence-corrected chi connectivity index (χ2v) is 7.43. The van der Waals surface area contributed by atoms with E-state index in [1.165, 1.54) is 28.4 Å². The number of hydrogen-bond acceptors (Lipinski definition) is 4. The third-order valence-electron chi connectivity index (χ3n) is 5.14. The van der Waals surface area contributed by atoms with E-state index < -0.39 is 0 Å². The molecule has 0 saturated heterocycles. The Morgan fingerprint density at radius 2 is 0.852 bits per heavy atom. The van der Waals surface area contributed by atoms with Crippen LogP contribution in [0.2, 0.25) is 0 Å². The first-order valence-corrected chi connectivity index (χ1v) is 10.00. The van der Waals surface area contributed by atoms with E-state index in [1.807, 2.05) is 0 Å². The van der Waals surface area contributed by atoms with Crippen molar-refractivity contribution in [2.24, 2.45) is 0 Å². The van der Waals surface area contributed by atoms with Crippen LogP contribution in [0.5, 0.6) is 0 Å². The van der Waals surface area contributed by atoms with Gasteiger partial charge < -0.3 is 0 Å². The Hall–Kier alpha value is -2.24. The van der Waals surface area contributed by atoms with Crippen LogP contribution < -0.4 is 0 Å². The molecule has 2 aliphatic heterocycles. The second kappa shape index (κ2) is 10.2. The van der Waals surface area contributed by atoms with Crippen molar-refractivity contribution in [1.82, 2.24) is 9.80 Å². The highest BCUT2D eigenvalue weighted by atomic mass is 16.2. The third-order valence-corrected chi connectivity index (χ3v) is 5.14. The number of amides is 4. The maximum absolute atomic E-state index is 11.7. The summed E-state index contributed by atoms with van der Waals surface area (Å²) >= 11 is 0. The maximum atomic E-state index is 11.7. The van der Waals surface area contributed by atoms with Gasteiger partial charge in [0.05, 0.1) is 0 Å². The van der Waals surface area contributed by atoms with Crippen LogP contribution in [-0.4, -0.2) is 46.5 Å². The van der Waals surface area contributed by atoms with Crippen molar-refractivity contribution in [1.29, 1.82) is 0 Å². The van der Waals surface area contributed by atoms with Crippen molar-refractivity contribution < 1.29 is 19.2 Å². The fraction of sp³-hybridized carbons (Fsp3) is 0.619. The Morgan fingerprint density at radius 1 is 0.556 bits per heavy atom. The molecule has 0 bridgehead atoms. The standard InChI is InChI=1S/C21H30N2O4/c1-16-14-18(24)22(20(16)26)12-10-8-6-4-3-5-7-9-11-13-23-19(25)15-17(2)21(23)27/h14-15H,3-13H2,1-2H3. The summed E-state index contributed by atoms with van der Waals surface area (Å²) in [6.45, 7) is 4.40. The summed E-state index contributed by atoms with van der Waals surface area (Å²) in [5.41, 5.74) is 1.06. The second-order valence-electron chi connectivity index (χ2n) is 7.43. The molecule has 27 heavy (non-hydrogen) atoms. The average Bonchev–Trinajstić information content (AvgIpc) is 3.01. The lowest BCUT2D eigenvalue weighted by molar-refractivity contribution is -0.138. The van der Waals surface area contributed by atoms with Gasteiger partial charge in [-0.2, -0.15) is 0 Å². The number of hydrogen-bond donors (Lipinski definition) is 0. The molecule has 0 fully saturated rings. The summed E-state index contributed by atoms with van der Waals surface area (Å²) in [7, 11) is 0. The normalized spacial score (nSPS) is 17.3. The lowest BCUT2D eigenvalue weighted by atomic mass is 10.1. The summed E-state index contributed by atoms with van der Waals surface area (Å²) in [5.74, 6) is -0.659. The molecule has 0 aromatic heterocycles. The van der Waals surface area contributed by atoms with Gasteiger partial charge in [0.25, 0.3) is 23.6 Å². The van der Waals surface area contributed by atoms with Crippen molar-refractivity contribution in [3.63, 3.8) is 0 Å². The first-order valence-electron chi connectivity index (χ1n) is 10.00. The Morgan fingerprint density at radius 3 is 1.11 bits per heavy atom. The number of rotatable bonds is 12. The number of imide groups is 2. The number of carbonyl (C=O) groups excluding carboxylic acids is 4. The topological polar surface area (TPSA) is 74.8 Å². The van der Waals surface area contributed by atoms with Gasteiger partial charge in [-0.3, -0.25) is 29.0 Å². The van der Waals surface area contributed by atoms with E-state index in [0.717, 1.165) is 51.4 Å². The molecule has 0 N–H and O–H groups in total. The zero-order valence-corrected chi connectivity index (χ0v) is 16.5. The molecule has 2 rings (SSSR count). The lowest BCUT2D eigenvalue weighted by Crippen LogP contribution is -2.31. The summed E-state index contributed by atoms with van der Waals surface area (Å²) in [6, 6.07) is 0. The number of unbranched alkanes of at least 4 members (excludes halogenated alkanes) is 8. The summed E-state index contributed by atoms with van der Waals surface area (Å²) in [6.07, 6.45) is 12.3. The first-order chi connectivity index (χ1) is 12.9. The van der Waals surface area contributed by atoms with Gasteiger partial charge in [-0.25, -0.2) is 0 Å². The Balaban J connectivity index is 1.40. The van der Waals surface area contributed by atoms with Crippen molar-refractivity contribution in [3.05, 3.63) is 23.3 Å². The molecule has 0 aromatic rings. The van der Waals surface area contributed by atoms with Crippen LogP contribution >= 0.6 is 0 Å². The maximum Gasteiger partial charge on any atom is 0.256 e. The molecular formula is C21H30N2O4. The molecule has 0 radical (unpaired) electrons. The van der Waals surface area contributed by atoms with Crippen LogP contribution in [0.4, 0.5) is 0 Å². The van der Waals surface area contributed by atoms with Crippen molar-refractivity contribution in [3.8, 4) is 0 Å². The molecule has 0 aromatic carbocycles. The summed E-state index contributed by atoms with van der Waals surface area (Å²) < 4.78 is 0. The van der Waals surface area contributed by atoms with Crippen LogP contribution in [0.15, 0.2) is 23.3 Å². The van der Waals surface area contributed by atoms with Gasteiger partial charge in [0, 0.05) is 36.4 Å². The molecule has 2 heterocycles. The van der Waals surface area contributed by atoms with E-state index in [9.17, 15) is 19.2 Å². The molecule has 2 aliphatic rings. The van der Waals surface area contributed by atoms with E-state index in [4.69, 9.17) is 0 Å². The van der Waals surface area contributed by atoms with Crippen molar-refractivity contribution in [2.75, 3.05) is 13.1 Å².